The van der Waals surface area contributed by atoms with E-state index in [0.717, 1.165) is 18.4 Å². The number of benzene rings is 2. The molecule has 0 aliphatic heterocycles. The summed E-state index contributed by atoms with van der Waals surface area (Å²) >= 11 is 0. The Kier molecular flexibility index (Phi) is 5.16. The number of fused-ring (bicyclic) bond motifs is 1. The Hall–Kier alpha value is -1.38. The number of aliphatic hydroxyl groups excluding tert-OH is 1. The maximum absolute atomic E-state index is 10.6. The average molecular weight is 271 g/mol. The van der Waals surface area contributed by atoms with Crippen LogP contribution in [0.1, 0.15) is 45.3 Å². The van der Waals surface area contributed by atoms with Gasteiger partial charge in [-0.25, -0.2) is 0 Å². The van der Waals surface area contributed by atoms with Crippen LogP contribution in [0.2, 0.25) is 0 Å². The van der Waals surface area contributed by atoms with Gasteiger partial charge in [0.05, 0.1) is 6.10 Å². The first kappa shape index (κ1) is 15.0. The molecule has 0 aromatic heterocycles. The van der Waals surface area contributed by atoms with Crippen LogP contribution in [0.5, 0.6) is 0 Å². The van der Waals surface area contributed by atoms with Crippen molar-refractivity contribution in [2.75, 3.05) is 0 Å². The molecule has 2 nitrogen and oxygen atoms in total. The molecule has 3 atom stereocenters. The summed E-state index contributed by atoms with van der Waals surface area (Å²) in [6, 6.07) is 15.0. The number of aliphatic hydroxyl groups is 1. The van der Waals surface area contributed by atoms with Crippen LogP contribution in [0.3, 0.4) is 0 Å². The Labute approximate surface area is 121 Å². The Bertz CT molecular complexity index is 552. The van der Waals surface area contributed by atoms with Gasteiger partial charge in [0.15, 0.2) is 0 Å². The summed E-state index contributed by atoms with van der Waals surface area (Å²) in [5.41, 5.74) is 0.992. The van der Waals surface area contributed by atoms with Crippen LogP contribution in [0, 0.1) is 0 Å². The van der Waals surface area contributed by atoms with Crippen LogP contribution in [-0.2, 0) is 0 Å². The third-order valence-corrected chi connectivity index (χ3v) is 4.05. The average Bonchev–Trinajstić information content (AvgIpc) is 2.51. The van der Waals surface area contributed by atoms with Crippen molar-refractivity contribution in [3.05, 3.63) is 48.0 Å². The molecule has 2 aromatic carbocycles. The molecule has 0 aliphatic rings. The molecule has 20 heavy (non-hydrogen) atoms. The van der Waals surface area contributed by atoms with Gasteiger partial charge in [0.1, 0.15) is 0 Å². The van der Waals surface area contributed by atoms with Gasteiger partial charge >= 0.3 is 0 Å². The molecular weight excluding hydrogens is 246 g/mol. The second-order valence-electron chi connectivity index (χ2n) is 5.54. The SMILES string of the molecule is CCC(C)NC(CC)C(O)c1ccc2ccccc2c1. The van der Waals surface area contributed by atoms with Crippen LogP contribution in [0.15, 0.2) is 42.5 Å². The summed E-state index contributed by atoms with van der Waals surface area (Å²) < 4.78 is 0. The van der Waals surface area contributed by atoms with E-state index in [2.05, 4.69) is 50.4 Å². The van der Waals surface area contributed by atoms with Gasteiger partial charge in [-0.15, -0.1) is 0 Å². The zero-order valence-electron chi connectivity index (χ0n) is 12.6. The molecule has 0 radical (unpaired) electrons. The minimum absolute atomic E-state index is 0.103. The second kappa shape index (κ2) is 6.87. The predicted octanol–water partition coefficient (Wildman–Crippen LogP) is 4.04. The van der Waals surface area contributed by atoms with Crippen molar-refractivity contribution in [1.82, 2.24) is 5.32 Å². The van der Waals surface area contributed by atoms with Crippen molar-refractivity contribution in [3.8, 4) is 0 Å². The first-order chi connectivity index (χ1) is 9.65. The van der Waals surface area contributed by atoms with E-state index < -0.39 is 6.10 Å². The van der Waals surface area contributed by atoms with E-state index in [4.69, 9.17) is 0 Å². The van der Waals surface area contributed by atoms with Gasteiger partial charge < -0.3 is 10.4 Å². The van der Waals surface area contributed by atoms with Gasteiger partial charge in [-0.3, -0.25) is 0 Å². The van der Waals surface area contributed by atoms with Crippen molar-refractivity contribution in [2.24, 2.45) is 0 Å². The zero-order chi connectivity index (χ0) is 14.5. The van der Waals surface area contributed by atoms with Crippen LogP contribution in [-0.4, -0.2) is 17.2 Å². The van der Waals surface area contributed by atoms with Gasteiger partial charge in [-0.05, 0) is 42.2 Å². The molecule has 108 valence electrons. The van der Waals surface area contributed by atoms with E-state index in [-0.39, 0.29) is 6.04 Å². The Morgan fingerprint density at radius 2 is 1.70 bits per heavy atom. The van der Waals surface area contributed by atoms with E-state index >= 15 is 0 Å². The molecule has 0 heterocycles. The molecule has 0 fully saturated rings. The number of rotatable bonds is 6. The van der Waals surface area contributed by atoms with E-state index in [0.29, 0.717) is 6.04 Å². The van der Waals surface area contributed by atoms with E-state index in [1.54, 1.807) is 0 Å². The van der Waals surface area contributed by atoms with Crippen molar-refractivity contribution >= 4 is 10.8 Å². The highest BCUT2D eigenvalue weighted by molar-refractivity contribution is 5.83. The standard InChI is InChI=1S/C18H25NO/c1-4-13(3)19-17(5-2)18(20)16-11-10-14-8-6-7-9-15(14)12-16/h6-13,17-20H,4-5H2,1-3H3. The van der Waals surface area contributed by atoms with Crippen LogP contribution in [0.4, 0.5) is 0 Å². The van der Waals surface area contributed by atoms with E-state index in [9.17, 15) is 5.11 Å². The van der Waals surface area contributed by atoms with Crippen molar-refractivity contribution < 1.29 is 5.11 Å². The summed E-state index contributed by atoms with van der Waals surface area (Å²) in [5, 5.41) is 16.5. The number of nitrogens with one attached hydrogen (secondary N) is 1. The van der Waals surface area contributed by atoms with Gasteiger partial charge in [0.25, 0.3) is 0 Å². The Balaban J connectivity index is 2.22. The molecule has 2 rings (SSSR count). The summed E-state index contributed by atoms with van der Waals surface area (Å²) in [6.07, 6.45) is 1.53. The quantitative estimate of drug-likeness (QED) is 0.831. The number of hydrogen-bond acceptors (Lipinski definition) is 2. The maximum Gasteiger partial charge on any atom is 0.0943 e. The largest absolute Gasteiger partial charge is 0.387 e. The van der Waals surface area contributed by atoms with Crippen LogP contribution >= 0.6 is 0 Å². The first-order valence-electron chi connectivity index (χ1n) is 7.58. The van der Waals surface area contributed by atoms with Crippen LogP contribution in [0.25, 0.3) is 10.8 Å². The minimum Gasteiger partial charge on any atom is -0.387 e. The van der Waals surface area contributed by atoms with Crippen molar-refractivity contribution in [1.29, 1.82) is 0 Å². The lowest BCUT2D eigenvalue weighted by Crippen LogP contribution is -2.40. The van der Waals surface area contributed by atoms with Gasteiger partial charge in [0, 0.05) is 12.1 Å². The molecule has 0 saturated carbocycles. The summed E-state index contributed by atoms with van der Waals surface area (Å²) in [4.78, 5) is 0. The molecule has 0 amide bonds. The zero-order valence-corrected chi connectivity index (χ0v) is 12.6. The summed E-state index contributed by atoms with van der Waals surface area (Å²) in [5.74, 6) is 0. The van der Waals surface area contributed by atoms with E-state index in [1.165, 1.54) is 10.8 Å². The predicted molar refractivity (Wildman–Crippen MR) is 85.9 cm³/mol. The van der Waals surface area contributed by atoms with Gasteiger partial charge in [0.2, 0.25) is 0 Å². The highest BCUT2D eigenvalue weighted by Crippen LogP contribution is 2.24. The molecule has 2 N–H and O–H groups in total. The maximum atomic E-state index is 10.6. The molecule has 0 saturated heterocycles. The Morgan fingerprint density at radius 3 is 2.35 bits per heavy atom. The topological polar surface area (TPSA) is 32.3 Å². The highest BCUT2D eigenvalue weighted by Gasteiger charge is 2.20. The smallest absolute Gasteiger partial charge is 0.0943 e. The third kappa shape index (κ3) is 3.38. The monoisotopic (exact) mass is 271 g/mol. The van der Waals surface area contributed by atoms with Crippen LogP contribution < -0.4 is 5.32 Å². The molecular formula is C18H25NO. The lowest BCUT2D eigenvalue weighted by Gasteiger charge is -2.26. The second-order valence-corrected chi connectivity index (χ2v) is 5.54. The Morgan fingerprint density at radius 1 is 1.00 bits per heavy atom. The van der Waals surface area contributed by atoms with Crippen molar-refractivity contribution in [3.63, 3.8) is 0 Å². The molecule has 2 heteroatoms. The molecule has 0 bridgehead atoms. The van der Waals surface area contributed by atoms with Crippen molar-refractivity contribution in [2.45, 2.75) is 51.8 Å². The fraction of sp³-hybridized carbons (Fsp3) is 0.444. The number of hydrogen-bond donors (Lipinski definition) is 2. The minimum atomic E-state index is -0.460. The molecule has 3 unspecified atom stereocenters. The lowest BCUT2D eigenvalue weighted by molar-refractivity contribution is 0.120. The highest BCUT2D eigenvalue weighted by atomic mass is 16.3. The van der Waals surface area contributed by atoms with Gasteiger partial charge in [-0.2, -0.15) is 0 Å². The fourth-order valence-corrected chi connectivity index (χ4v) is 2.54. The molecule has 0 aliphatic carbocycles. The van der Waals surface area contributed by atoms with Gasteiger partial charge in [-0.1, -0.05) is 50.2 Å². The molecule has 2 aromatic rings. The summed E-state index contributed by atoms with van der Waals surface area (Å²) in [6.45, 7) is 6.44. The molecule has 0 spiro atoms. The normalized spacial score (nSPS) is 16.0. The van der Waals surface area contributed by atoms with E-state index in [1.807, 2.05) is 18.2 Å². The lowest BCUT2D eigenvalue weighted by atomic mass is 9.97. The summed E-state index contributed by atoms with van der Waals surface area (Å²) in [7, 11) is 0. The fourth-order valence-electron chi connectivity index (χ4n) is 2.54. The third-order valence-electron chi connectivity index (χ3n) is 4.05. The first-order valence-corrected chi connectivity index (χ1v) is 7.58.